The number of hydrogen-bond donors (Lipinski definition) is 5. The first-order valence-electron chi connectivity index (χ1n) is 26.3. The number of rotatable bonds is 22. The third-order valence-electron chi connectivity index (χ3n) is 13.1. The molecule has 2 saturated carbocycles. The van der Waals surface area contributed by atoms with Gasteiger partial charge in [0.15, 0.2) is 0 Å². The van der Waals surface area contributed by atoms with Gasteiger partial charge in [0.2, 0.25) is 17.7 Å². The van der Waals surface area contributed by atoms with Crippen LogP contribution in [0.3, 0.4) is 0 Å². The average Bonchev–Trinajstić information content (AvgIpc) is 3.61. The number of esters is 3. The minimum Gasteiger partial charge on any atom is -0.460 e. The Kier molecular flexibility index (Phi) is 20.4. The number of hydrogen-bond acceptors (Lipinski definition) is 14. The fourth-order valence-electron chi connectivity index (χ4n) is 9.08. The van der Waals surface area contributed by atoms with Crippen molar-refractivity contribution >= 4 is 70.2 Å². The van der Waals surface area contributed by atoms with Crippen LogP contribution >= 0.6 is 0 Å². The van der Waals surface area contributed by atoms with Gasteiger partial charge in [0, 0.05) is 44.7 Å². The molecule has 1 saturated heterocycles. The number of carbonyl (C=O) groups excluding carboxylic acids is 10. The number of nitrogens with zero attached hydrogens (tertiary/aromatic N) is 1. The van der Waals surface area contributed by atoms with Crippen LogP contribution in [0.1, 0.15) is 158 Å². The molecule has 0 radical (unpaired) electrons. The van der Waals surface area contributed by atoms with Crippen molar-refractivity contribution < 1.29 is 67.0 Å². The standard InChI is InChI=1S/C55H78N6O14/c1-52(2,3)72-44(64)27-24-40(48(68)74-54(7,8)9)60-51(71)59-39(47(67)73-53(4,5)6)17-12-13-30-56-46(66)41(32-35-20-21-36-15-10-11-16-38(36)31-35)58-45(65)37-22-18-34(19-23-37)33-57-49(69)55(28-14-29-55)50(70)75-61-42(62)25-26-43(61)63/h10-11,15-16,20-21,31,34,37,39-41H,12-14,17-19,22-30,32-33H2,1-9H3,(H,56,66)(H,57,69)(H,58,65)(H2,59,60,71)/t34?,37?,39-,40-,41-/m0/s1. The number of amides is 7. The second kappa shape index (κ2) is 25.8. The molecule has 20 heteroatoms. The number of nitrogens with one attached hydrogen (secondary N) is 5. The third kappa shape index (κ3) is 18.3. The molecule has 2 aliphatic carbocycles. The van der Waals surface area contributed by atoms with Crippen LogP contribution < -0.4 is 26.6 Å². The fraction of sp³-hybridized carbons (Fsp3) is 0.636. The van der Waals surface area contributed by atoms with Gasteiger partial charge in [-0.2, -0.15) is 0 Å². The molecular formula is C55H78N6O14. The van der Waals surface area contributed by atoms with Gasteiger partial charge in [0.25, 0.3) is 11.8 Å². The van der Waals surface area contributed by atoms with Gasteiger partial charge in [-0.15, -0.1) is 5.06 Å². The zero-order valence-corrected chi connectivity index (χ0v) is 45.1. The Morgan fingerprint density at radius 1 is 0.667 bits per heavy atom. The molecule has 0 unspecified atom stereocenters. The van der Waals surface area contributed by atoms with E-state index in [0.29, 0.717) is 50.0 Å². The van der Waals surface area contributed by atoms with E-state index in [4.69, 9.17) is 19.0 Å². The molecule has 0 aromatic heterocycles. The van der Waals surface area contributed by atoms with E-state index in [1.165, 1.54) is 0 Å². The fourth-order valence-corrected chi connectivity index (χ4v) is 9.08. The first-order valence-corrected chi connectivity index (χ1v) is 26.3. The van der Waals surface area contributed by atoms with E-state index in [-0.39, 0.29) is 76.3 Å². The summed E-state index contributed by atoms with van der Waals surface area (Å²) in [5.41, 5.74) is -3.18. The van der Waals surface area contributed by atoms with Crippen LogP contribution in [0.4, 0.5) is 4.79 Å². The number of carbonyl (C=O) groups is 10. The van der Waals surface area contributed by atoms with Gasteiger partial charge in [-0.3, -0.25) is 28.8 Å². The first-order chi connectivity index (χ1) is 35.1. The Morgan fingerprint density at radius 2 is 1.24 bits per heavy atom. The number of hydroxylamine groups is 2. The molecule has 3 aliphatic rings. The van der Waals surface area contributed by atoms with E-state index in [1.54, 1.807) is 62.3 Å². The molecule has 2 aromatic carbocycles. The molecule has 7 amide bonds. The number of benzene rings is 2. The highest BCUT2D eigenvalue weighted by Crippen LogP contribution is 2.43. The molecule has 3 fully saturated rings. The van der Waals surface area contributed by atoms with E-state index in [9.17, 15) is 47.9 Å². The van der Waals surface area contributed by atoms with Crippen LogP contribution in [-0.4, -0.2) is 113 Å². The molecule has 5 N–H and O–H groups in total. The highest BCUT2D eigenvalue weighted by atomic mass is 16.7. The smallest absolute Gasteiger partial charge is 0.348 e. The van der Waals surface area contributed by atoms with Gasteiger partial charge in [0.05, 0.1) is 0 Å². The number of unbranched alkanes of at least 4 members (excludes halogenated alkanes) is 1. The van der Waals surface area contributed by atoms with E-state index in [0.717, 1.165) is 16.3 Å². The number of urea groups is 1. The zero-order chi connectivity index (χ0) is 55.3. The maximum absolute atomic E-state index is 14.0. The lowest BCUT2D eigenvalue weighted by molar-refractivity contribution is -0.209. The molecule has 1 heterocycles. The lowest BCUT2D eigenvalue weighted by Gasteiger charge is -2.38. The minimum atomic E-state index is -1.47. The maximum Gasteiger partial charge on any atom is 0.348 e. The topological polar surface area (TPSA) is 271 Å². The molecule has 2 aromatic rings. The average molecular weight is 1050 g/mol. The Balaban J connectivity index is 1.16. The summed E-state index contributed by atoms with van der Waals surface area (Å²) in [7, 11) is 0. The van der Waals surface area contributed by atoms with Crippen molar-refractivity contribution in [1.29, 1.82) is 0 Å². The molecule has 0 bridgehead atoms. The molecule has 0 spiro atoms. The molecule has 1 aliphatic heterocycles. The Bertz CT molecular complexity index is 2410. The van der Waals surface area contributed by atoms with E-state index >= 15 is 0 Å². The van der Waals surface area contributed by atoms with Crippen LogP contribution in [0.15, 0.2) is 42.5 Å². The van der Waals surface area contributed by atoms with Crippen molar-refractivity contribution in [1.82, 2.24) is 31.6 Å². The van der Waals surface area contributed by atoms with Gasteiger partial charge in [-0.1, -0.05) is 48.9 Å². The summed E-state index contributed by atoms with van der Waals surface area (Å²) in [6.45, 7) is 15.7. The Morgan fingerprint density at radius 3 is 1.80 bits per heavy atom. The van der Waals surface area contributed by atoms with Crippen LogP contribution in [0.25, 0.3) is 10.8 Å². The molecular weight excluding hydrogens is 969 g/mol. The van der Waals surface area contributed by atoms with E-state index in [1.807, 2.05) is 42.5 Å². The molecule has 3 atom stereocenters. The van der Waals surface area contributed by atoms with Gasteiger partial charge in [-0.25, -0.2) is 19.2 Å². The summed E-state index contributed by atoms with van der Waals surface area (Å²) < 4.78 is 16.5. The van der Waals surface area contributed by atoms with E-state index in [2.05, 4.69) is 26.6 Å². The van der Waals surface area contributed by atoms with Gasteiger partial charge in [-0.05, 0) is 149 Å². The normalized spacial score (nSPS) is 18.8. The van der Waals surface area contributed by atoms with Gasteiger partial charge in [0.1, 0.15) is 40.3 Å². The first kappa shape index (κ1) is 59.3. The van der Waals surface area contributed by atoms with Crippen molar-refractivity contribution in [2.75, 3.05) is 13.1 Å². The predicted octanol–water partition coefficient (Wildman–Crippen LogP) is 5.70. The second-order valence-corrected chi connectivity index (χ2v) is 23.0. The maximum atomic E-state index is 14.0. The number of imide groups is 1. The van der Waals surface area contributed by atoms with Crippen LogP contribution in [-0.2, 0) is 68.6 Å². The summed E-state index contributed by atoms with van der Waals surface area (Å²) in [5.74, 6) is -5.77. The summed E-state index contributed by atoms with van der Waals surface area (Å²) >= 11 is 0. The summed E-state index contributed by atoms with van der Waals surface area (Å²) in [4.78, 5) is 136. The molecule has 75 heavy (non-hydrogen) atoms. The summed E-state index contributed by atoms with van der Waals surface area (Å²) in [6, 6.07) is 9.48. The number of ether oxygens (including phenoxy) is 3. The van der Waals surface area contributed by atoms with Crippen LogP contribution in [0, 0.1) is 17.3 Å². The second-order valence-electron chi connectivity index (χ2n) is 23.0. The lowest BCUT2D eigenvalue weighted by Crippen LogP contribution is -2.54. The van der Waals surface area contributed by atoms with Crippen LogP contribution in [0.2, 0.25) is 0 Å². The van der Waals surface area contributed by atoms with Crippen molar-refractivity contribution in [3.63, 3.8) is 0 Å². The predicted molar refractivity (Wildman–Crippen MR) is 274 cm³/mol. The largest absolute Gasteiger partial charge is 0.460 e. The Labute approximate surface area is 439 Å². The molecule has 20 nitrogen and oxygen atoms in total. The van der Waals surface area contributed by atoms with Gasteiger partial charge < -0.3 is 45.6 Å². The number of fused-ring (bicyclic) bond motifs is 1. The SMILES string of the molecule is CC(C)(C)OC(=O)CC[C@H](NC(=O)N[C@@H](CCCCNC(=O)[C@H](Cc1ccc2ccccc2c1)NC(=O)C1CCC(CNC(=O)C2(C(=O)ON3C(=O)CCC3=O)CCC2)CC1)C(=O)OC(C)(C)C)C(=O)OC(C)(C)C. The molecule has 5 rings (SSSR count). The highest BCUT2D eigenvalue weighted by Gasteiger charge is 2.54. The Hall–Kier alpha value is -6.60. The highest BCUT2D eigenvalue weighted by molar-refractivity contribution is 6.06. The van der Waals surface area contributed by atoms with Crippen molar-refractivity contribution in [3.05, 3.63) is 48.0 Å². The van der Waals surface area contributed by atoms with E-state index < -0.39 is 99.8 Å². The summed E-state index contributed by atoms with van der Waals surface area (Å²) in [5, 5.41) is 16.5. The van der Waals surface area contributed by atoms with Gasteiger partial charge >= 0.3 is 29.9 Å². The van der Waals surface area contributed by atoms with Crippen molar-refractivity contribution in [2.45, 2.75) is 194 Å². The monoisotopic (exact) mass is 1050 g/mol. The van der Waals surface area contributed by atoms with Crippen molar-refractivity contribution in [2.24, 2.45) is 17.3 Å². The van der Waals surface area contributed by atoms with Crippen LogP contribution in [0.5, 0.6) is 0 Å². The lowest BCUT2D eigenvalue weighted by atomic mass is 9.68. The minimum absolute atomic E-state index is 0.0223. The van der Waals surface area contributed by atoms with Crippen molar-refractivity contribution in [3.8, 4) is 0 Å². The third-order valence-corrected chi connectivity index (χ3v) is 13.1. The quantitative estimate of drug-likeness (QED) is 0.0312. The molecule has 412 valence electrons. The summed E-state index contributed by atoms with van der Waals surface area (Å²) in [6.07, 6.45) is 3.91. The zero-order valence-electron chi connectivity index (χ0n) is 45.1.